The fourth-order valence-corrected chi connectivity index (χ4v) is 3.46. The molecule has 2 N–H and O–H groups in total. The smallest absolute Gasteiger partial charge is 0.355 e. The summed E-state index contributed by atoms with van der Waals surface area (Å²) in [5, 5.41) is 0. The molecule has 2 aromatic heterocycles. The first kappa shape index (κ1) is 22.1. The van der Waals surface area contributed by atoms with Gasteiger partial charge < -0.3 is 19.4 Å². The van der Waals surface area contributed by atoms with Crippen LogP contribution in [0.3, 0.4) is 0 Å². The number of aromatic nitrogens is 2. The molecule has 29 heavy (non-hydrogen) atoms. The molecular formula is C21H26N2O6. The number of carbonyl (C=O) groups excluding carboxylic acids is 4. The van der Waals surface area contributed by atoms with Gasteiger partial charge >= 0.3 is 11.9 Å². The van der Waals surface area contributed by atoms with Gasteiger partial charge in [-0.3, -0.25) is 9.59 Å². The van der Waals surface area contributed by atoms with Crippen molar-refractivity contribution in [1.29, 1.82) is 0 Å². The second kappa shape index (κ2) is 8.46. The monoisotopic (exact) mass is 402 g/mol. The van der Waals surface area contributed by atoms with Crippen LogP contribution in [-0.2, 0) is 9.47 Å². The van der Waals surface area contributed by atoms with Crippen molar-refractivity contribution >= 4 is 23.5 Å². The maximum Gasteiger partial charge on any atom is 0.355 e. The Bertz CT molecular complexity index is 995. The Kier molecular flexibility index (Phi) is 6.46. The number of H-pyrrole nitrogens is 2. The third-order valence-corrected chi connectivity index (χ3v) is 4.81. The van der Waals surface area contributed by atoms with E-state index in [9.17, 15) is 19.2 Å². The van der Waals surface area contributed by atoms with E-state index in [-0.39, 0.29) is 23.8 Å². The Morgan fingerprint density at radius 3 is 1.90 bits per heavy atom. The van der Waals surface area contributed by atoms with Crippen molar-refractivity contribution in [1.82, 2.24) is 9.97 Å². The lowest BCUT2D eigenvalue weighted by Gasteiger charge is -2.12. The fourth-order valence-electron chi connectivity index (χ4n) is 3.46. The molecule has 0 spiro atoms. The number of nitrogens with one attached hydrogen (secondary N) is 2. The molecule has 1 atom stereocenters. The molecule has 2 heterocycles. The fraction of sp³-hybridized carbons (Fsp3) is 0.429. The van der Waals surface area contributed by atoms with E-state index in [4.69, 9.17) is 9.47 Å². The summed E-state index contributed by atoms with van der Waals surface area (Å²) in [5.74, 6) is -1.88. The van der Waals surface area contributed by atoms with Gasteiger partial charge in [0.2, 0.25) is 5.78 Å². The molecule has 2 aromatic rings. The molecule has 0 aliphatic carbocycles. The molecule has 156 valence electrons. The normalized spacial score (nSPS) is 11.8. The Labute approximate surface area is 169 Å². The van der Waals surface area contributed by atoms with Gasteiger partial charge in [0.15, 0.2) is 11.9 Å². The quantitative estimate of drug-likeness (QED) is 0.541. The number of hydrogen-bond acceptors (Lipinski definition) is 6. The Morgan fingerprint density at radius 1 is 0.862 bits per heavy atom. The molecule has 0 saturated heterocycles. The summed E-state index contributed by atoms with van der Waals surface area (Å²) < 4.78 is 10.4. The zero-order chi connectivity index (χ0) is 22.0. The van der Waals surface area contributed by atoms with Crippen LogP contribution in [0.1, 0.15) is 85.0 Å². The molecule has 0 aliphatic rings. The first-order chi connectivity index (χ1) is 13.5. The molecule has 0 radical (unpaired) electrons. The molecule has 2 rings (SSSR count). The third kappa shape index (κ3) is 4.16. The van der Waals surface area contributed by atoms with Crippen LogP contribution in [0.25, 0.3) is 0 Å². The maximum absolute atomic E-state index is 12.8. The van der Waals surface area contributed by atoms with E-state index >= 15 is 0 Å². The number of ketones is 2. The zero-order valence-electron chi connectivity index (χ0n) is 17.7. The number of ether oxygens (including phenoxy) is 2. The van der Waals surface area contributed by atoms with E-state index < -0.39 is 23.8 Å². The van der Waals surface area contributed by atoms with Gasteiger partial charge in [0.1, 0.15) is 5.69 Å². The number of carbonyl (C=O) groups is 4. The van der Waals surface area contributed by atoms with Gasteiger partial charge in [-0.05, 0) is 59.6 Å². The zero-order valence-corrected chi connectivity index (χ0v) is 17.7. The first-order valence-corrected chi connectivity index (χ1v) is 9.32. The van der Waals surface area contributed by atoms with E-state index in [1.165, 1.54) is 13.8 Å². The number of aryl methyl sites for hydroxylation is 2. The largest absolute Gasteiger partial charge is 0.462 e. The molecule has 0 unspecified atom stereocenters. The van der Waals surface area contributed by atoms with Crippen LogP contribution in [0.15, 0.2) is 0 Å². The Morgan fingerprint density at radius 2 is 1.38 bits per heavy atom. The van der Waals surface area contributed by atoms with Crippen molar-refractivity contribution in [3.8, 4) is 0 Å². The van der Waals surface area contributed by atoms with Crippen molar-refractivity contribution in [3.63, 3.8) is 0 Å². The summed E-state index contributed by atoms with van der Waals surface area (Å²) in [4.78, 5) is 55.0. The predicted octanol–water partition coefficient (Wildman–Crippen LogP) is 3.38. The summed E-state index contributed by atoms with van der Waals surface area (Å²) in [5.41, 5.74) is 3.06. The van der Waals surface area contributed by atoms with E-state index in [0.717, 1.165) is 0 Å². The average molecular weight is 402 g/mol. The molecule has 0 aliphatic heterocycles. The lowest BCUT2D eigenvalue weighted by molar-refractivity contribution is 0.0310. The summed E-state index contributed by atoms with van der Waals surface area (Å²) >= 11 is 0. The highest BCUT2D eigenvalue weighted by molar-refractivity contribution is 6.05. The standard InChI is InChI=1S/C21H26N2O6/c1-8-28-20(26)16-10(3)17(22-12(16)5)19(25)14(7)29-21(27)18-9(2)15(13(6)24)11(4)23-18/h14,22-23H,8H2,1-7H3/t14-/m1/s1. The van der Waals surface area contributed by atoms with Gasteiger partial charge in [0.25, 0.3) is 0 Å². The van der Waals surface area contributed by atoms with Crippen LogP contribution in [0.5, 0.6) is 0 Å². The van der Waals surface area contributed by atoms with E-state index in [2.05, 4.69) is 9.97 Å². The van der Waals surface area contributed by atoms with Gasteiger partial charge in [-0.25, -0.2) is 9.59 Å². The van der Waals surface area contributed by atoms with Gasteiger partial charge in [-0.2, -0.15) is 0 Å². The minimum absolute atomic E-state index is 0.138. The third-order valence-electron chi connectivity index (χ3n) is 4.81. The molecule has 0 saturated carbocycles. The lowest BCUT2D eigenvalue weighted by Crippen LogP contribution is -2.26. The summed E-state index contributed by atoms with van der Waals surface area (Å²) in [6, 6.07) is 0. The first-order valence-electron chi connectivity index (χ1n) is 9.32. The van der Waals surface area contributed by atoms with Crippen molar-refractivity contribution in [3.05, 3.63) is 45.0 Å². The average Bonchev–Trinajstić information content (AvgIpc) is 3.09. The molecule has 0 bridgehead atoms. The van der Waals surface area contributed by atoms with E-state index in [1.54, 1.807) is 34.6 Å². The van der Waals surface area contributed by atoms with E-state index in [0.29, 0.717) is 33.6 Å². The number of Topliss-reactive ketones (excluding diaryl/α,β-unsaturated/α-hetero) is 2. The number of rotatable bonds is 7. The van der Waals surface area contributed by atoms with Crippen LogP contribution < -0.4 is 0 Å². The molecule has 0 fully saturated rings. The van der Waals surface area contributed by atoms with E-state index in [1.807, 2.05) is 0 Å². The maximum atomic E-state index is 12.8. The molecule has 0 amide bonds. The van der Waals surface area contributed by atoms with Crippen molar-refractivity contribution in [2.45, 2.75) is 54.6 Å². The minimum Gasteiger partial charge on any atom is -0.462 e. The van der Waals surface area contributed by atoms with Crippen molar-refractivity contribution in [2.24, 2.45) is 0 Å². The summed E-state index contributed by atoms with van der Waals surface area (Å²) in [6.45, 7) is 11.4. The molecule has 0 aromatic carbocycles. The highest BCUT2D eigenvalue weighted by Gasteiger charge is 2.29. The van der Waals surface area contributed by atoms with Crippen LogP contribution in [0.4, 0.5) is 0 Å². The van der Waals surface area contributed by atoms with Crippen LogP contribution in [0, 0.1) is 27.7 Å². The number of esters is 2. The minimum atomic E-state index is -1.10. The van der Waals surface area contributed by atoms with Crippen LogP contribution in [0.2, 0.25) is 0 Å². The Balaban J connectivity index is 2.25. The summed E-state index contributed by atoms with van der Waals surface area (Å²) in [7, 11) is 0. The number of hydrogen-bond donors (Lipinski definition) is 2. The van der Waals surface area contributed by atoms with Crippen molar-refractivity contribution < 1.29 is 28.7 Å². The topological polar surface area (TPSA) is 118 Å². The van der Waals surface area contributed by atoms with Gasteiger partial charge in [-0.15, -0.1) is 0 Å². The SMILES string of the molecule is CCOC(=O)c1c(C)[nH]c(C(=O)[C@@H](C)OC(=O)c2[nH]c(C)c(C(C)=O)c2C)c1C. The lowest BCUT2D eigenvalue weighted by atomic mass is 10.1. The highest BCUT2D eigenvalue weighted by Crippen LogP contribution is 2.23. The number of aromatic amines is 2. The van der Waals surface area contributed by atoms with Crippen molar-refractivity contribution in [2.75, 3.05) is 6.61 Å². The van der Waals surface area contributed by atoms with Gasteiger partial charge in [0, 0.05) is 17.0 Å². The Hall–Kier alpha value is -3.16. The highest BCUT2D eigenvalue weighted by atomic mass is 16.5. The summed E-state index contributed by atoms with van der Waals surface area (Å²) in [6.07, 6.45) is -1.10. The molecular weight excluding hydrogens is 376 g/mol. The second-order valence-corrected chi connectivity index (χ2v) is 6.94. The predicted molar refractivity (Wildman–Crippen MR) is 106 cm³/mol. The molecule has 8 heteroatoms. The second-order valence-electron chi connectivity index (χ2n) is 6.94. The van der Waals surface area contributed by atoms with Gasteiger partial charge in [-0.1, -0.05) is 0 Å². The molecule has 8 nitrogen and oxygen atoms in total. The van der Waals surface area contributed by atoms with Crippen LogP contribution >= 0.6 is 0 Å². The van der Waals surface area contributed by atoms with Crippen LogP contribution in [-0.4, -0.2) is 46.2 Å². The van der Waals surface area contributed by atoms with Gasteiger partial charge in [0.05, 0.1) is 17.9 Å².